The Labute approximate surface area is 122 Å². The van der Waals surface area contributed by atoms with E-state index in [0.29, 0.717) is 24.5 Å². The summed E-state index contributed by atoms with van der Waals surface area (Å²) in [7, 11) is 0. The molecule has 0 aromatic heterocycles. The van der Waals surface area contributed by atoms with E-state index in [9.17, 15) is 18.0 Å². The van der Waals surface area contributed by atoms with Crippen LogP contribution in [0.1, 0.15) is 30.6 Å². The molecule has 0 aliphatic heterocycles. The van der Waals surface area contributed by atoms with Crippen molar-refractivity contribution in [3.8, 4) is 0 Å². The zero-order valence-electron chi connectivity index (χ0n) is 11.3. The normalized spacial score (nSPS) is 11.9. The van der Waals surface area contributed by atoms with E-state index in [-0.39, 0.29) is 30.6 Å². The lowest BCUT2D eigenvalue weighted by atomic mass is 10.0. The van der Waals surface area contributed by atoms with E-state index in [4.69, 9.17) is 5.73 Å². The third-order valence-corrected chi connectivity index (χ3v) is 2.62. The first kappa shape index (κ1) is 18.7. The fourth-order valence-corrected chi connectivity index (χ4v) is 1.74. The van der Waals surface area contributed by atoms with Crippen molar-refractivity contribution in [2.45, 2.75) is 26.3 Å². The first-order valence-electron chi connectivity index (χ1n) is 6.00. The smallest absolute Gasteiger partial charge is 0.251 e. The molecular weight excluding hydrogens is 293 g/mol. The summed E-state index contributed by atoms with van der Waals surface area (Å²) in [5.41, 5.74) is 5.24. The molecule has 1 amide bonds. The average molecular weight is 311 g/mol. The number of rotatable bonds is 5. The Hall–Kier alpha value is -1.27. The lowest BCUT2D eigenvalue weighted by Crippen LogP contribution is -2.41. The Kier molecular flexibility index (Phi) is 7.60. The highest BCUT2D eigenvalue weighted by Crippen LogP contribution is 2.14. The van der Waals surface area contributed by atoms with Gasteiger partial charge < -0.3 is 11.1 Å². The van der Waals surface area contributed by atoms with Crippen LogP contribution < -0.4 is 11.1 Å². The van der Waals surface area contributed by atoms with Gasteiger partial charge in [-0.1, -0.05) is 13.8 Å². The van der Waals surface area contributed by atoms with Gasteiger partial charge in [-0.3, -0.25) is 4.79 Å². The maximum atomic E-state index is 13.0. The Bertz CT molecular complexity index is 446. The molecule has 0 aliphatic rings. The van der Waals surface area contributed by atoms with E-state index in [0.717, 1.165) is 0 Å². The first-order valence-corrected chi connectivity index (χ1v) is 6.00. The molecule has 0 saturated carbocycles. The minimum atomic E-state index is -1.59. The van der Waals surface area contributed by atoms with E-state index >= 15 is 0 Å². The molecule has 7 heteroatoms. The number of hydrogen-bond donors (Lipinski definition) is 2. The van der Waals surface area contributed by atoms with E-state index < -0.39 is 23.4 Å². The van der Waals surface area contributed by atoms with Crippen LogP contribution in [0.4, 0.5) is 13.2 Å². The number of amides is 1. The number of nitrogens with two attached hydrogens (primary N) is 1. The molecule has 114 valence electrons. The lowest BCUT2D eigenvalue weighted by Gasteiger charge is -2.18. The minimum Gasteiger partial charge on any atom is -0.348 e. The molecule has 0 fully saturated rings. The molecule has 1 unspecified atom stereocenters. The predicted octanol–water partition coefficient (Wildman–Crippen LogP) is 2.63. The van der Waals surface area contributed by atoms with Gasteiger partial charge in [-0.25, -0.2) is 13.2 Å². The molecule has 3 N–H and O–H groups in total. The maximum Gasteiger partial charge on any atom is 0.251 e. The molecule has 0 bridgehead atoms. The molecule has 0 radical (unpaired) electrons. The van der Waals surface area contributed by atoms with Gasteiger partial charge in [0.15, 0.2) is 17.5 Å². The summed E-state index contributed by atoms with van der Waals surface area (Å²) in [6.45, 7) is 4.15. The molecule has 0 saturated heterocycles. The Morgan fingerprint density at radius 3 is 2.15 bits per heavy atom. The van der Waals surface area contributed by atoms with Crippen LogP contribution in [0.2, 0.25) is 0 Å². The van der Waals surface area contributed by atoms with Crippen molar-refractivity contribution in [2.24, 2.45) is 11.7 Å². The first-order chi connectivity index (χ1) is 8.85. The fourth-order valence-electron chi connectivity index (χ4n) is 1.74. The fraction of sp³-hybridized carbons (Fsp3) is 0.462. The van der Waals surface area contributed by atoms with E-state index in [1.165, 1.54) is 0 Å². The number of halogens is 4. The topological polar surface area (TPSA) is 55.1 Å². The predicted molar refractivity (Wildman–Crippen MR) is 73.3 cm³/mol. The molecule has 1 rings (SSSR count). The highest BCUT2D eigenvalue weighted by atomic mass is 35.5. The summed E-state index contributed by atoms with van der Waals surface area (Å²) >= 11 is 0. The Balaban J connectivity index is 0.00000361. The van der Waals surface area contributed by atoms with Crippen molar-refractivity contribution >= 4 is 18.3 Å². The Morgan fingerprint density at radius 2 is 1.75 bits per heavy atom. The second-order valence-electron chi connectivity index (χ2n) is 4.79. The van der Waals surface area contributed by atoms with Crippen molar-refractivity contribution < 1.29 is 18.0 Å². The zero-order chi connectivity index (χ0) is 14.6. The second kappa shape index (κ2) is 8.11. The van der Waals surface area contributed by atoms with Gasteiger partial charge in [0.25, 0.3) is 5.91 Å². The summed E-state index contributed by atoms with van der Waals surface area (Å²) in [4.78, 5) is 11.8. The van der Waals surface area contributed by atoms with Crippen molar-refractivity contribution in [3.63, 3.8) is 0 Å². The third kappa shape index (κ3) is 5.02. The maximum absolute atomic E-state index is 13.0. The quantitative estimate of drug-likeness (QED) is 0.821. The number of hydrogen-bond acceptors (Lipinski definition) is 2. The van der Waals surface area contributed by atoms with Gasteiger partial charge in [0.2, 0.25) is 0 Å². The van der Waals surface area contributed by atoms with Gasteiger partial charge in [0.05, 0.1) is 0 Å². The molecule has 1 aromatic carbocycles. The van der Waals surface area contributed by atoms with Crippen LogP contribution in [0.15, 0.2) is 12.1 Å². The van der Waals surface area contributed by atoms with Crippen molar-refractivity contribution in [3.05, 3.63) is 35.1 Å². The van der Waals surface area contributed by atoms with Crippen LogP contribution in [0.25, 0.3) is 0 Å². The van der Waals surface area contributed by atoms with Crippen LogP contribution >= 0.6 is 12.4 Å². The van der Waals surface area contributed by atoms with E-state index in [2.05, 4.69) is 5.32 Å². The molecule has 0 spiro atoms. The van der Waals surface area contributed by atoms with Crippen LogP contribution in [-0.4, -0.2) is 18.5 Å². The summed E-state index contributed by atoms with van der Waals surface area (Å²) in [5, 5.41) is 2.57. The standard InChI is InChI=1S/C13H17F3N2O.ClH/c1-7(2)3-9(6-17)18-13(19)8-4-10(14)12(16)11(15)5-8;/h4-5,7,9H,3,6,17H2,1-2H3,(H,18,19);1H. The molecule has 0 aliphatic carbocycles. The highest BCUT2D eigenvalue weighted by Gasteiger charge is 2.18. The zero-order valence-corrected chi connectivity index (χ0v) is 12.1. The third-order valence-electron chi connectivity index (χ3n) is 2.62. The van der Waals surface area contributed by atoms with Crippen LogP contribution in [0, 0.1) is 23.4 Å². The van der Waals surface area contributed by atoms with Gasteiger partial charge in [-0.15, -0.1) is 12.4 Å². The summed E-state index contributed by atoms with van der Waals surface area (Å²) in [6, 6.07) is 1.04. The summed E-state index contributed by atoms with van der Waals surface area (Å²) in [6.07, 6.45) is 0.647. The van der Waals surface area contributed by atoms with Gasteiger partial charge in [0.1, 0.15) is 0 Å². The van der Waals surface area contributed by atoms with Crippen molar-refractivity contribution in [1.82, 2.24) is 5.32 Å². The molecular formula is C13H18ClF3N2O. The molecule has 1 atom stereocenters. The minimum absolute atomic E-state index is 0. The highest BCUT2D eigenvalue weighted by molar-refractivity contribution is 5.94. The molecule has 3 nitrogen and oxygen atoms in total. The lowest BCUT2D eigenvalue weighted by molar-refractivity contribution is 0.0932. The number of benzene rings is 1. The van der Waals surface area contributed by atoms with Gasteiger partial charge >= 0.3 is 0 Å². The summed E-state index contributed by atoms with van der Waals surface area (Å²) < 4.78 is 38.8. The van der Waals surface area contributed by atoms with Gasteiger partial charge in [-0.05, 0) is 24.5 Å². The number of nitrogens with one attached hydrogen (secondary N) is 1. The molecule has 0 heterocycles. The monoisotopic (exact) mass is 310 g/mol. The largest absolute Gasteiger partial charge is 0.348 e. The van der Waals surface area contributed by atoms with E-state index in [1.807, 2.05) is 13.8 Å². The van der Waals surface area contributed by atoms with Crippen molar-refractivity contribution in [2.75, 3.05) is 6.54 Å². The van der Waals surface area contributed by atoms with Crippen molar-refractivity contribution in [1.29, 1.82) is 0 Å². The number of carbonyl (C=O) groups excluding carboxylic acids is 1. The number of carbonyl (C=O) groups is 1. The summed E-state index contributed by atoms with van der Waals surface area (Å²) in [5.74, 6) is -4.73. The Morgan fingerprint density at radius 1 is 1.25 bits per heavy atom. The van der Waals surface area contributed by atoms with Crippen LogP contribution in [0.3, 0.4) is 0 Å². The van der Waals surface area contributed by atoms with Gasteiger partial charge in [0, 0.05) is 18.2 Å². The SMILES string of the molecule is CC(C)CC(CN)NC(=O)c1cc(F)c(F)c(F)c1.Cl. The molecule has 20 heavy (non-hydrogen) atoms. The molecule has 1 aromatic rings. The van der Waals surface area contributed by atoms with E-state index in [1.54, 1.807) is 0 Å². The van der Waals surface area contributed by atoms with Crippen LogP contribution in [0.5, 0.6) is 0 Å². The van der Waals surface area contributed by atoms with Gasteiger partial charge in [-0.2, -0.15) is 0 Å². The van der Waals surface area contributed by atoms with Crippen LogP contribution in [-0.2, 0) is 0 Å². The average Bonchev–Trinajstić information content (AvgIpc) is 2.33. The second-order valence-corrected chi connectivity index (χ2v) is 4.79.